The van der Waals surface area contributed by atoms with E-state index in [9.17, 15) is 0 Å². The smallest absolute Gasteiger partial charge is 0.0706 e. The lowest BCUT2D eigenvalue weighted by molar-refractivity contribution is 0.732. The minimum absolute atomic E-state index is 0.536. The molecule has 172 valence electrons. The Labute approximate surface area is 207 Å². The van der Waals surface area contributed by atoms with Gasteiger partial charge >= 0.3 is 0 Å². The molecule has 5 aromatic rings. The van der Waals surface area contributed by atoms with E-state index in [0.29, 0.717) is 0 Å². The molecule has 0 aliphatic rings. The summed E-state index contributed by atoms with van der Waals surface area (Å²) in [7, 11) is 0. The van der Waals surface area contributed by atoms with E-state index < -0.39 is 5.41 Å². The summed E-state index contributed by atoms with van der Waals surface area (Å²) in [6, 6.07) is 42.7. The minimum atomic E-state index is -0.536. The topological polar surface area (TPSA) is 52.0 Å². The first kappa shape index (κ1) is 22.5. The van der Waals surface area contributed by atoms with E-state index in [-0.39, 0.29) is 0 Å². The lowest BCUT2D eigenvalue weighted by Crippen LogP contribution is -2.32. The zero-order chi connectivity index (χ0) is 24.4. The summed E-state index contributed by atoms with van der Waals surface area (Å²) in [5.41, 5.74) is 22.9. The van der Waals surface area contributed by atoms with Crippen LogP contribution in [0.3, 0.4) is 0 Å². The third-order valence-corrected chi connectivity index (χ3v) is 6.94. The Kier molecular flexibility index (Phi) is 5.88. The first-order valence-corrected chi connectivity index (χ1v) is 11.9. The van der Waals surface area contributed by atoms with Gasteiger partial charge in [0, 0.05) is 11.4 Å². The molecule has 5 aromatic carbocycles. The zero-order valence-corrected chi connectivity index (χ0v) is 20.2. The molecule has 0 fully saturated rings. The standard InChI is InChI=1S/C33H30N2/c1-23-21-29(34)17-19-31(23)33(27-11-7-4-8-12-27,32-20-18-30(35)22-24(32)2)28-15-13-26(14-16-28)25-9-5-3-6-10-25/h3-22H,34-35H2,1-2H3. The van der Waals surface area contributed by atoms with Crippen LogP contribution in [0.4, 0.5) is 11.4 Å². The first-order chi connectivity index (χ1) is 17.0. The highest BCUT2D eigenvalue weighted by atomic mass is 14.6. The molecular weight excluding hydrogens is 424 g/mol. The number of hydrogen-bond acceptors (Lipinski definition) is 2. The maximum atomic E-state index is 6.20. The van der Waals surface area contributed by atoms with Crippen LogP contribution in [0.1, 0.15) is 33.4 Å². The highest BCUT2D eigenvalue weighted by molar-refractivity contribution is 5.69. The van der Waals surface area contributed by atoms with Crippen molar-refractivity contribution in [2.45, 2.75) is 19.3 Å². The molecule has 0 aromatic heterocycles. The van der Waals surface area contributed by atoms with E-state index >= 15 is 0 Å². The molecular formula is C33H30N2. The molecule has 0 saturated heterocycles. The summed E-state index contributed by atoms with van der Waals surface area (Å²) in [6.45, 7) is 4.29. The Balaban J connectivity index is 1.86. The fourth-order valence-corrected chi connectivity index (χ4v) is 5.38. The predicted molar refractivity (Wildman–Crippen MR) is 148 cm³/mol. The molecule has 0 aliphatic heterocycles. The quantitative estimate of drug-likeness (QED) is 0.213. The van der Waals surface area contributed by atoms with E-state index in [1.807, 2.05) is 18.2 Å². The molecule has 0 atom stereocenters. The molecule has 35 heavy (non-hydrogen) atoms. The highest BCUT2D eigenvalue weighted by Crippen LogP contribution is 2.48. The summed E-state index contributed by atoms with van der Waals surface area (Å²) >= 11 is 0. The number of benzene rings is 5. The van der Waals surface area contributed by atoms with E-state index in [4.69, 9.17) is 11.5 Å². The maximum Gasteiger partial charge on any atom is 0.0706 e. The summed E-state index contributed by atoms with van der Waals surface area (Å²) in [6.07, 6.45) is 0. The van der Waals surface area contributed by atoms with E-state index in [0.717, 1.165) is 22.5 Å². The van der Waals surface area contributed by atoms with Gasteiger partial charge in [-0.15, -0.1) is 0 Å². The summed E-state index contributed by atoms with van der Waals surface area (Å²) in [5.74, 6) is 0. The Morgan fingerprint density at radius 2 is 0.886 bits per heavy atom. The lowest BCUT2D eigenvalue weighted by Gasteiger charge is -2.39. The van der Waals surface area contributed by atoms with Gasteiger partial charge in [0.2, 0.25) is 0 Å². The van der Waals surface area contributed by atoms with Crippen LogP contribution < -0.4 is 11.5 Å². The Bertz CT molecular complexity index is 1400. The molecule has 0 radical (unpaired) electrons. The molecule has 0 heterocycles. The van der Waals surface area contributed by atoms with Crippen LogP contribution in [-0.4, -0.2) is 0 Å². The second kappa shape index (κ2) is 9.15. The average Bonchev–Trinajstić information content (AvgIpc) is 2.88. The van der Waals surface area contributed by atoms with Gasteiger partial charge in [-0.25, -0.2) is 0 Å². The van der Waals surface area contributed by atoms with Crippen molar-refractivity contribution in [2.24, 2.45) is 0 Å². The van der Waals surface area contributed by atoms with Crippen LogP contribution in [0.5, 0.6) is 0 Å². The van der Waals surface area contributed by atoms with Crippen LogP contribution in [0.15, 0.2) is 121 Å². The molecule has 5 rings (SSSR count). The number of nitrogen functional groups attached to an aromatic ring is 2. The molecule has 0 unspecified atom stereocenters. The summed E-state index contributed by atoms with van der Waals surface area (Å²) in [4.78, 5) is 0. The molecule has 4 N–H and O–H groups in total. The van der Waals surface area contributed by atoms with E-state index in [2.05, 4.69) is 117 Å². The van der Waals surface area contributed by atoms with Crippen molar-refractivity contribution in [3.8, 4) is 11.1 Å². The number of nitrogens with two attached hydrogens (primary N) is 2. The fourth-order valence-electron chi connectivity index (χ4n) is 5.38. The molecule has 2 heteroatoms. The molecule has 0 bridgehead atoms. The molecule has 0 amide bonds. The average molecular weight is 455 g/mol. The number of rotatable bonds is 5. The molecule has 0 aliphatic carbocycles. The van der Waals surface area contributed by atoms with Crippen LogP contribution in [-0.2, 0) is 5.41 Å². The number of hydrogen-bond donors (Lipinski definition) is 2. The molecule has 0 spiro atoms. The van der Waals surface area contributed by atoms with Gasteiger partial charge in [0.1, 0.15) is 0 Å². The van der Waals surface area contributed by atoms with Gasteiger partial charge in [0.25, 0.3) is 0 Å². The predicted octanol–water partition coefficient (Wildman–Crippen LogP) is 7.52. The maximum absolute atomic E-state index is 6.20. The largest absolute Gasteiger partial charge is 0.399 e. The van der Waals surface area contributed by atoms with Crippen molar-refractivity contribution in [2.75, 3.05) is 11.5 Å². The highest BCUT2D eigenvalue weighted by Gasteiger charge is 2.40. The van der Waals surface area contributed by atoms with Crippen LogP contribution in [0.25, 0.3) is 11.1 Å². The van der Waals surface area contributed by atoms with Gasteiger partial charge in [-0.2, -0.15) is 0 Å². The monoisotopic (exact) mass is 454 g/mol. The summed E-state index contributed by atoms with van der Waals surface area (Å²) in [5, 5.41) is 0. The number of anilines is 2. The minimum Gasteiger partial charge on any atom is -0.399 e. The zero-order valence-electron chi connectivity index (χ0n) is 20.2. The Hall–Kier alpha value is -4.30. The third kappa shape index (κ3) is 3.98. The van der Waals surface area contributed by atoms with Crippen LogP contribution in [0.2, 0.25) is 0 Å². The second-order valence-corrected chi connectivity index (χ2v) is 9.21. The van der Waals surface area contributed by atoms with Gasteiger partial charge < -0.3 is 11.5 Å². The van der Waals surface area contributed by atoms with Gasteiger partial charge in [-0.05, 0) is 82.6 Å². The van der Waals surface area contributed by atoms with Gasteiger partial charge in [-0.3, -0.25) is 0 Å². The van der Waals surface area contributed by atoms with Crippen molar-refractivity contribution in [3.63, 3.8) is 0 Å². The lowest BCUT2D eigenvalue weighted by atomic mass is 9.63. The fraction of sp³-hybridized carbons (Fsp3) is 0.0909. The number of aryl methyl sites for hydroxylation is 2. The molecule has 2 nitrogen and oxygen atoms in total. The van der Waals surface area contributed by atoms with Crippen molar-refractivity contribution in [1.82, 2.24) is 0 Å². The first-order valence-electron chi connectivity index (χ1n) is 11.9. The van der Waals surface area contributed by atoms with Crippen molar-refractivity contribution in [3.05, 3.63) is 155 Å². The SMILES string of the molecule is Cc1cc(N)ccc1C(c1ccccc1)(c1ccc(-c2ccccc2)cc1)c1ccc(N)cc1C. The van der Waals surface area contributed by atoms with Gasteiger partial charge in [0.15, 0.2) is 0 Å². The third-order valence-electron chi connectivity index (χ3n) is 6.94. The van der Waals surface area contributed by atoms with Crippen LogP contribution >= 0.6 is 0 Å². The molecule has 0 saturated carbocycles. The normalized spacial score (nSPS) is 11.4. The Morgan fingerprint density at radius 3 is 1.37 bits per heavy atom. The van der Waals surface area contributed by atoms with Gasteiger partial charge in [0.05, 0.1) is 5.41 Å². The second-order valence-electron chi connectivity index (χ2n) is 9.21. The van der Waals surface area contributed by atoms with Gasteiger partial charge in [-0.1, -0.05) is 97.1 Å². The van der Waals surface area contributed by atoms with E-state index in [1.165, 1.54) is 33.4 Å². The summed E-state index contributed by atoms with van der Waals surface area (Å²) < 4.78 is 0. The van der Waals surface area contributed by atoms with Crippen molar-refractivity contribution >= 4 is 11.4 Å². The van der Waals surface area contributed by atoms with E-state index in [1.54, 1.807) is 0 Å². The van der Waals surface area contributed by atoms with Crippen LogP contribution in [0, 0.1) is 13.8 Å². The van der Waals surface area contributed by atoms with Crippen molar-refractivity contribution in [1.29, 1.82) is 0 Å². The Morgan fingerprint density at radius 1 is 0.457 bits per heavy atom. The van der Waals surface area contributed by atoms with Crippen molar-refractivity contribution < 1.29 is 0 Å².